The topological polar surface area (TPSA) is 72.4 Å². The highest BCUT2D eigenvalue weighted by Crippen LogP contribution is 2.32. The Balaban J connectivity index is 0.00000192. The molecule has 2 aromatic rings. The number of carbonyl (C=O) groups is 1. The molecule has 5 nitrogen and oxygen atoms in total. The van der Waals surface area contributed by atoms with Gasteiger partial charge in [-0.3, -0.25) is 4.79 Å². The molecule has 3 rings (SSSR count). The van der Waals surface area contributed by atoms with E-state index in [1.165, 1.54) is 0 Å². The van der Waals surface area contributed by atoms with Crippen LogP contribution in [0, 0.1) is 0 Å². The van der Waals surface area contributed by atoms with Gasteiger partial charge in [-0.1, -0.05) is 25.1 Å². The molecule has 1 amide bonds. The Kier molecular flexibility index (Phi) is 5.31. The molecule has 124 valence electrons. The van der Waals surface area contributed by atoms with Gasteiger partial charge in [0.15, 0.2) is 0 Å². The lowest BCUT2D eigenvalue weighted by atomic mass is 9.99. The summed E-state index contributed by atoms with van der Waals surface area (Å²) in [4.78, 5) is 14.5. The highest BCUT2D eigenvalue weighted by molar-refractivity contribution is 6.05. The fraction of sp³-hybridized carbons (Fsp3) is 0.412. The number of halogens is 1. The molecule has 2 N–H and O–H groups in total. The van der Waals surface area contributed by atoms with E-state index in [2.05, 4.69) is 19.0 Å². The molecule has 0 saturated heterocycles. The van der Waals surface area contributed by atoms with Gasteiger partial charge in [0, 0.05) is 29.9 Å². The summed E-state index contributed by atoms with van der Waals surface area (Å²) in [5.41, 5.74) is 9.54. The van der Waals surface area contributed by atoms with E-state index in [9.17, 15) is 4.79 Å². The Morgan fingerprint density at radius 3 is 3.00 bits per heavy atom. The van der Waals surface area contributed by atoms with Crippen LogP contribution in [0.2, 0.25) is 0 Å². The zero-order valence-corrected chi connectivity index (χ0v) is 14.2. The Morgan fingerprint density at radius 1 is 1.48 bits per heavy atom. The van der Waals surface area contributed by atoms with E-state index < -0.39 is 0 Å². The van der Waals surface area contributed by atoms with Crippen molar-refractivity contribution in [1.29, 1.82) is 0 Å². The number of nitrogens with two attached hydrogens (primary N) is 1. The molecule has 23 heavy (non-hydrogen) atoms. The van der Waals surface area contributed by atoms with Crippen LogP contribution in [0.25, 0.3) is 0 Å². The lowest BCUT2D eigenvalue weighted by Gasteiger charge is -2.29. The zero-order chi connectivity index (χ0) is 15.7. The fourth-order valence-electron chi connectivity index (χ4n) is 2.83. The maximum atomic E-state index is 12.7. The lowest BCUT2D eigenvalue weighted by Crippen LogP contribution is -2.35. The molecule has 1 aromatic carbocycles. The maximum absolute atomic E-state index is 12.7. The number of carbonyl (C=O) groups excluding carboxylic acids is 1. The van der Waals surface area contributed by atoms with Crippen molar-refractivity contribution >= 4 is 29.7 Å². The van der Waals surface area contributed by atoms with E-state index in [1.54, 1.807) is 11.0 Å². The van der Waals surface area contributed by atoms with Crippen LogP contribution in [0.5, 0.6) is 0 Å². The second-order valence-corrected chi connectivity index (χ2v) is 5.83. The number of nitrogen functional groups attached to an aromatic ring is 1. The van der Waals surface area contributed by atoms with Crippen LogP contribution < -0.4 is 10.6 Å². The first-order valence-corrected chi connectivity index (χ1v) is 7.77. The Bertz CT molecular complexity index is 699. The van der Waals surface area contributed by atoms with Gasteiger partial charge in [-0.05, 0) is 37.0 Å². The van der Waals surface area contributed by atoms with Gasteiger partial charge >= 0.3 is 0 Å². The van der Waals surface area contributed by atoms with Gasteiger partial charge in [0.2, 0.25) is 5.76 Å². The highest BCUT2D eigenvalue weighted by Gasteiger charge is 2.27. The van der Waals surface area contributed by atoms with Crippen molar-refractivity contribution in [1.82, 2.24) is 5.16 Å². The normalized spacial score (nSPS) is 14.8. The second-order valence-electron chi connectivity index (χ2n) is 5.83. The highest BCUT2D eigenvalue weighted by atomic mass is 35.5. The summed E-state index contributed by atoms with van der Waals surface area (Å²) in [5, 5.41) is 4.03. The minimum atomic E-state index is -0.145. The molecule has 0 fully saturated rings. The number of amides is 1. The van der Waals surface area contributed by atoms with Crippen LogP contribution in [-0.4, -0.2) is 17.6 Å². The molecule has 0 saturated carbocycles. The Hall–Kier alpha value is -2.01. The van der Waals surface area contributed by atoms with Crippen LogP contribution in [0.3, 0.4) is 0 Å². The fourth-order valence-corrected chi connectivity index (χ4v) is 2.83. The third-order valence-electron chi connectivity index (χ3n) is 4.39. The van der Waals surface area contributed by atoms with E-state index >= 15 is 0 Å². The third kappa shape index (κ3) is 3.20. The molecule has 6 heteroatoms. The predicted octanol–water partition coefficient (Wildman–Crippen LogP) is 3.79. The van der Waals surface area contributed by atoms with Crippen molar-refractivity contribution in [3.63, 3.8) is 0 Å². The van der Waals surface area contributed by atoms with E-state index in [0.717, 1.165) is 41.9 Å². The lowest BCUT2D eigenvalue weighted by molar-refractivity contribution is 0.0949. The standard InChI is InChI=1S/C17H21N3O2.ClH/c1-3-11(2)14-10-16(22-19-14)17(21)20-9-5-6-12-13(18)7-4-8-15(12)20;/h4,7-8,10-11H,3,5-6,9,18H2,1-2H3;1H. The summed E-state index contributed by atoms with van der Waals surface area (Å²) in [5.74, 6) is 0.439. The molecule has 2 heterocycles. The van der Waals surface area contributed by atoms with Crippen LogP contribution in [0.15, 0.2) is 28.8 Å². The zero-order valence-electron chi connectivity index (χ0n) is 13.4. The molecular formula is C17H22ClN3O2. The van der Waals surface area contributed by atoms with E-state index in [0.29, 0.717) is 12.3 Å². The molecule has 0 spiro atoms. The van der Waals surface area contributed by atoms with E-state index in [-0.39, 0.29) is 24.2 Å². The Morgan fingerprint density at radius 2 is 2.26 bits per heavy atom. The molecule has 0 radical (unpaired) electrons. The molecule has 1 aliphatic heterocycles. The first-order chi connectivity index (χ1) is 10.6. The van der Waals surface area contributed by atoms with E-state index in [4.69, 9.17) is 10.3 Å². The average Bonchev–Trinajstić information content (AvgIpc) is 3.03. The van der Waals surface area contributed by atoms with Gasteiger partial charge in [-0.25, -0.2) is 0 Å². The second kappa shape index (κ2) is 7.04. The van der Waals surface area contributed by atoms with Crippen LogP contribution >= 0.6 is 12.4 Å². The summed E-state index contributed by atoms with van der Waals surface area (Å²) < 4.78 is 5.28. The van der Waals surface area contributed by atoms with Crippen molar-refractivity contribution in [2.24, 2.45) is 0 Å². The van der Waals surface area contributed by atoms with Crippen molar-refractivity contribution in [2.45, 2.75) is 39.0 Å². The van der Waals surface area contributed by atoms with Gasteiger partial charge in [-0.15, -0.1) is 12.4 Å². The van der Waals surface area contributed by atoms with Crippen LogP contribution in [0.4, 0.5) is 11.4 Å². The average molecular weight is 336 g/mol. The molecule has 1 aromatic heterocycles. The largest absolute Gasteiger partial charge is 0.398 e. The predicted molar refractivity (Wildman–Crippen MR) is 93.3 cm³/mol. The van der Waals surface area contributed by atoms with Crippen molar-refractivity contribution in [2.75, 3.05) is 17.2 Å². The van der Waals surface area contributed by atoms with Crippen molar-refractivity contribution in [3.8, 4) is 0 Å². The molecule has 1 aliphatic rings. The van der Waals surface area contributed by atoms with Gasteiger partial charge in [-0.2, -0.15) is 0 Å². The molecule has 0 bridgehead atoms. The molecular weight excluding hydrogens is 314 g/mol. The molecule has 1 unspecified atom stereocenters. The number of rotatable bonds is 3. The maximum Gasteiger partial charge on any atom is 0.296 e. The Labute approximate surface area is 142 Å². The number of nitrogens with zero attached hydrogens (tertiary/aromatic N) is 2. The summed E-state index contributed by atoms with van der Waals surface area (Å²) in [6.45, 7) is 4.84. The summed E-state index contributed by atoms with van der Waals surface area (Å²) in [6, 6.07) is 7.46. The number of benzene rings is 1. The smallest absolute Gasteiger partial charge is 0.296 e. The number of hydrogen-bond donors (Lipinski definition) is 1. The minimum Gasteiger partial charge on any atom is -0.398 e. The summed E-state index contributed by atoms with van der Waals surface area (Å²) in [6.07, 6.45) is 2.77. The van der Waals surface area contributed by atoms with Gasteiger partial charge in [0.05, 0.1) is 5.69 Å². The SMILES string of the molecule is CCC(C)c1cc(C(=O)N2CCCc3c(N)cccc32)on1.Cl. The molecule has 1 atom stereocenters. The van der Waals surface area contributed by atoms with Gasteiger partial charge in [0.25, 0.3) is 5.91 Å². The number of aromatic nitrogens is 1. The summed E-state index contributed by atoms with van der Waals surface area (Å²) >= 11 is 0. The van der Waals surface area contributed by atoms with Gasteiger partial charge in [0.1, 0.15) is 0 Å². The number of fused-ring (bicyclic) bond motifs is 1. The van der Waals surface area contributed by atoms with Gasteiger partial charge < -0.3 is 15.2 Å². The third-order valence-corrected chi connectivity index (χ3v) is 4.39. The number of hydrogen-bond acceptors (Lipinski definition) is 4. The quantitative estimate of drug-likeness (QED) is 0.866. The van der Waals surface area contributed by atoms with Crippen LogP contribution in [0.1, 0.15) is 54.4 Å². The first-order valence-electron chi connectivity index (χ1n) is 7.77. The molecule has 0 aliphatic carbocycles. The van der Waals surface area contributed by atoms with Crippen molar-refractivity contribution < 1.29 is 9.32 Å². The first kappa shape index (κ1) is 17.3. The summed E-state index contributed by atoms with van der Waals surface area (Å²) in [7, 11) is 0. The van der Waals surface area contributed by atoms with E-state index in [1.807, 2.05) is 18.2 Å². The van der Waals surface area contributed by atoms with Crippen molar-refractivity contribution in [3.05, 3.63) is 41.3 Å². The van der Waals surface area contributed by atoms with Crippen LogP contribution in [-0.2, 0) is 6.42 Å². The minimum absolute atomic E-state index is 0. The number of anilines is 2. The monoisotopic (exact) mass is 335 g/mol.